The molecule has 5 aromatic rings. The van der Waals surface area contributed by atoms with Crippen LogP contribution in [0, 0.1) is 0 Å². The topological polar surface area (TPSA) is 69.8 Å². The number of hydrogen-bond acceptors (Lipinski definition) is 4. The molecule has 3 aromatic carbocycles. The van der Waals surface area contributed by atoms with E-state index in [4.69, 9.17) is 11.6 Å². The van der Waals surface area contributed by atoms with E-state index in [-0.39, 0.29) is 5.91 Å². The molecule has 0 saturated carbocycles. The summed E-state index contributed by atoms with van der Waals surface area (Å²) in [4.78, 5) is 20.6. The summed E-state index contributed by atoms with van der Waals surface area (Å²) in [5, 5.41) is 8.52. The molecule has 0 unspecified atom stereocenters. The van der Waals surface area contributed by atoms with Crippen LogP contribution < -0.4 is 10.6 Å². The van der Waals surface area contributed by atoms with Gasteiger partial charge in [0.2, 0.25) is 0 Å². The predicted molar refractivity (Wildman–Crippen MR) is 129 cm³/mol. The zero-order valence-electron chi connectivity index (χ0n) is 16.7. The Labute approximate surface area is 188 Å². The van der Waals surface area contributed by atoms with Crippen molar-refractivity contribution in [1.82, 2.24) is 15.3 Å². The zero-order valence-corrected chi connectivity index (χ0v) is 18.3. The highest BCUT2D eigenvalue weighted by Crippen LogP contribution is 2.32. The summed E-state index contributed by atoms with van der Waals surface area (Å²) in [6, 6.07) is 19.8. The van der Waals surface area contributed by atoms with Crippen molar-refractivity contribution >= 4 is 55.1 Å². The van der Waals surface area contributed by atoms with E-state index in [1.165, 1.54) is 0 Å². The van der Waals surface area contributed by atoms with Gasteiger partial charge in [0.25, 0.3) is 5.91 Å². The van der Waals surface area contributed by atoms with Crippen LogP contribution in [0.15, 0.2) is 66.9 Å². The molecule has 2 aromatic heterocycles. The number of fused-ring (bicyclic) bond motifs is 2. The highest BCUT2D eigenvalue weighted by Gasteiger charge is 2.13. The van der Waals surface area contributed by atoms with Crippen molar-refractivity contribution in [3.8, 4) is 11.1 Å². The van der Waals surface area contributed by atoms with Gasteiger partial charge in [-0.2, -0.15) is 0 Å². The lowest BCUT2D eigenvalue weighted by molar-refractivity contribution is 0.0952. The Bertz CT molecular complexity index is 1420. The predicted octanol–water partition coefficient (Wildman–Crippen LogP) is 6.07. The van der Waals surface area contributed by atoms with Crippen LogP contribution in [0.3, 0.4) is 0 Å². The molecule has 31 heavy (non-hydrogen) atoms. The number of carbonyl (C=O) groups excluding carboxylic acids is 1. The van der Waals surface area contributed by atoms with E-state index in [0.717, 1.165) is 42.9 Å². The SMILES string of the molecule is CNc1nc2ccc(-c3ccc4[nH]cc(C(=O)NCc5cccc(Cl)c5)c4c3)cc2s1. The largest absolute Gasteiger partial charge is 0.365 e. The maximum atomic E-state index is 12.9. The van der Waals surface area contributed by atoms with Gasteiger partial charge in [0.05, 0.1) is 15.8 Å². The first-order valence-corrected chi connectivity index (χ1v) is 11.0. The summed E-state index contributed by atoms with van der Waals surface area (Å²) >= 11 is 7.66. The molecule has 0 fully saturated rings. The summed E-state index contributed by atoms with van der Waals surface area (Å²) in [5.41, 5.74) is 5.62. The molecule has 3 N–H and O–H groups in total. The minimum absolute atomic E-state index is 0.125. The number of thiazole rings is 1. The van der Waals surface area contributed by atoms with E-state index in [9.17, 15) is 4.79 Å². The lowest BCUT2D eigenvalue weighted by Crippen LogP contribution is -2.22. The highest BCUT2D eigenvalue weighted by atomic mass is 35.5. The zero-order chi connectivity index (χ0) is 21.4. The van der Waals surface area contributed by atoms with Crippen molar-refractivity contribution in [1.29, 1.82) is 0 Å². The Hall–Kier alpha value is -3.35. The van der Waals surface area contributed by atoms with Gasteiger partial charge in [0.15, 0.2) is 5.13 Å². The Kier molecular flexibility index (Phi) is 5.10. The second-order valence-electron chi connectivity index (χ2n) is 7.23. The fourth-order valence-corrected chi connectivity index (χ4v) is 4.70. The summed E-state index contributed by atoms with van der Waals surface area (Å²) in [5.74, 6) is -0.125. The second-order valence-corrected chi connectivity index (χ2v) is 8.69. The van der Waals surface area contributed by atoms with Gasteiger partial charge >= 0.3 is 0 Å². The molecule has 5 rings (SSSR count). The van der Waals surface area contributed by atoms with Crippen molar-refractivity contribution in [2.45, 2.75) is 6.54 Å². The number of anilines is 1. The molecule has 154 valence electrons. The van der Waals surface area contributed by atoms with Gasteiger partial charge < -0.3 is 15.6 Å². The molecule has 0 aliphatic heterocycles. The first-order chi connectivity index (χ1) is 15.1. The molecule has 1 amide bonds. The van der Waals surface area contributed by atoms with Crippen molar-refractivity contribution in [3.63, 3.8) is 0 Å². The number of amides is 1. The van der Waals surface area contributed by atoms with Gasteiger partial charge in [0, 0.05) is 35.7 Å². The number of rotatable bonds is 5. The van der Waals surface area contributed by atoms with Crippen molar-refractivity contribution < 1.29 is 4.79 Å². The highest BCUT2D eigenvalue weighted by molar-refractivity contribution is 7.22. The molecule has 0 aliphatic carbocycles. The van der Waals surface area contributed by atoms with Gasteiger partial charge in [-0.3, -0.25) is 4.79 Å². The normalized spacial score (nSPS) is 11.2. The van der Waals surface area contributed by atoms with E-state index in [0.29, 0.717) is 17.1 Å². The number of H-pyrrole nitrogens is 1. The maximum absolute atomic E-state index is 12.9. The molecule has 0 aliphatic rings. The second kappa shape index (κ2) is 8.06. The molecule has 5 nitrogen and oxygen atoms in total. The molecule has 7 heteroatoms. The van der Waals surface area contributed by atoms with Gasteiger partial charge in [-0.15, -0.1) is 0 Å². The number of aromatic amines is 1. The minimum atomic E-state index is -0.125. The van der Waals surface area contributed by atoms with Crippen LogP contribution in [0.2, 0.25) is 5.02 Å². The van der Waals surface area contributed by atoms with Gasteiger partial charge in [-0.05, 0) is 53.1 Å². The molecule has 0 radical (unpaired) electrons. The molecular formula is C24H19ClN4OS. The number of halogens is 1. The van der Waals surface area contributed by atoms with E-state index in [2.05, 4.69) is 44.9 Å². The Morgan fingerprint density at radius 1 is 1.10 bits per heavy atom. The van der Waals surface area contributed by atoms with E-state index in [1.54, 1.807) is 17.5 Å². The number of benzene rings is 3. The van der Waals surface area contributed by atoms with Crippen molar-refractivity contribution in [3.05, 3.63) is 83.0 Å². The molecule has 0 saturated heterocycles. The lowest BCUT2D eigenvalue weighted by Gasteiger charge is -2.06. The van der Waals surface area contributed by atoms with Crippen LogP contribution in [-0.4, -0.2) is 22.9 Å². The number of hydrogen-bond donors (Lipinski definition) is 3. The fourth-order valence-electron chi connectivity index (χ4n) is 3.62. The summed E-state index contributed by atoms with van der Waals surface area (Å²) in [7, 11) is 1.87. The molecule has 0 spiro atoms. The van der Waals surface area contributed by atoms with Gasteiger partial charge in [-0.25, -0.2) is 4.98 Å². The van der Waals surface area contributed by atoms with Crippen molar-refractivity contribution in [2.24, 2.45) is 0 Å². The number of carbonyl (C=O) groups is 1. The van der Waals surface area contributed by atoms with Crippen LogP contribution in [0.5, 0.6) is 0 Å². The molecule has 2 heterocycles. The van der Waals surface area contributed by atoms with Gasteiger partial charge in [-0.1, -0.05) is 47.2 Å². The van der Waals surface area contributed by atoms with E-state index in [1.807, 2.05) is 43.4 Å². The monoisotopic (exact) mass is 446 g/mol. The minimum Gasteiger partial charge on any atom is -0.365 e. The third-order valence-corrected chi connectivity index (χ3v) is 6.47. The van der Waals surface area contributed by atoms with Gasteiger partial charge in [0.1, 0.15) is 0 Å². The fraction of sp³-hybridized carbons (Fsp3) is 0.0833. The standard InChI is InChI=1S/C24H19ClN4OS/c1-26-24-29-21-8-6-16(11-22(21)31-24)15-5-7-20-18(10-15)19(13-27-20)23(30)28-12-14-3-2-4-17(25)9-14/h2-11,13,27H,12H2,1H3,(H,26,29)(H,28,30). The quantitative estimate of drug-likeness (QED) is 0.307. The van der Waals surface area contributed by atoms with Crippen LogP contribution >= 0.6 is 22.9 Å². The molecule has 0 bridgehead atoms. The summed E-state index contributed by atoms with van der Waals surface area (Å²) < 4.78 is 1.12. The Morgan fingerprint density at radius 3 is 2.77 bits per heavy atom. The van der Waals surface area contributed by atoms with E-state index >= 15 is 0 Å². The molecule has 0 atom stereocenters. The van der Waals surface area contributed by atoms with Crippen molar-refractivity contribution in [2.75, 3.05) is 12.4 Å². The molecular weight excluding hydrogens is 428 g/mol. The first kappa shape index (κ1) is 19.6. The number of nitrogens with one attached hydrogen (secondary N) is 3. The Balaban J connectivity index is 1.44. The Morgan fingerprint density at radius 2 is 1.94 bits per heavy atom. The smallest absolute Gasteiger partial charge is 0.253 e. The van der Waals surface area contributed by atoms with Crippen LogP contribution in [-0.2, 0) is 6.54 Å². The van der Waals surface area contributed by atoms with E-state index < -0.39 is 0 Å². The lowest BCUT2D eigenvalue weighted by atomic mass is 10.0. The summed E-state index contributed by atoms with van der Waals surface area (Å²) in [6.07, 6.45) is 1.76. The number of nitrogens with zero attached hydrogens (tertiary/aromatic N) is 1. The third-order valence-electron chi connectivity index (χ3n) is 5.20. The van der Waals surface area contributed by atoms with Crippen LogP contribution in [0.25, 0.3) is 32.2 Å². The first-order valence-electron chi connectivity index (χ1n) is 9.83. The van der Waals surface area contributed by atoms with Crippen LogP contribution in [0.4, 0.5) is 5.13 Å². The number of aromatic nitrogens is 2. The average Bonchev–Trinajstić information content (AvgIpc) is 3.40. The average molecular weight is 447 g/mol. The summed E-state index contributed by atoms with van der Waals surface area (Å²) in [6.45, 7) is 0.418. The van der Waals surface area contributed by atoms with Crippen LogP contribution in [0.1, 0.15) is 15.9 Å². The third kappa shape index (κ3) is 3.87. The maximum Gasteiger partial charge on any atom is 0.253 e.